The molecule has 0 saturated carbocycles. The Morgan fingerprint density at radius 1 is 1.27 bits per heavy atom. The van der Waals surface area contributed by atoms with E-state index in [1.54, 1.807) is 24.5 Å². The molecule has 0 amide bonds. The van der Waals surface area contributed by atoms with E-state index in [4.69, 9.17) is 14.7 Å². The summed E-state index contributed by atoms with van der Waals surface area (Å²) in [5.74, 6) is 1.04. The molecular weight excluding hydrogens is 352 g/mol. The molecule has 2 rings (SSSR count). The van der Waals surface area contributed by atoms with Crippen LogP contribution in [0.3, 0.4) is 0 Å². The summed E-state index contributed by atoms with van der Waals surface area (Å²) in [6.07, 6.45) is 3.77. The lowest BCUT2D eigenvalue weighted by Gasteiger charge is -2.13. The van der Waals surface area contributed by atoms with E-state index in [1.807, 2.05) is 6.07 Å². The first-order valence-electron chi connectivity index (χ1n) is 7.91. The van der Waals surface area contributed by atoms with Crippen molar-refractivity contribution in [3.05, 3.63) is 34.1 Å². The van der Waals surface area contributed by atoms with Crippen LogP contribution >= 0.6 is 11.8 Å². The number of hydrogen-bond acceptors (Lipinski definition) is 7. The maximum Gasteiger partial charge on any atom is 0.270 e. The third-order valence-electron chi connectivity index (χ3n) is 3.58. The van der Waals surface area contributed by atoms with Crippen LogP contribution in [0.1, 0.15) is 24.8 Å². The first kappa shape index (κ1) is 19.4. The highest BCUT2D eigenvalue weighted by Crippen LogP contribution is 2.33. The first-order chi connectivity index (χ1) is 12.6. The van der Waals surface area contributed by atoms with E-state index in [1.165, 1.54) is 18.9 Å². The average molecular weight is 370 g/mol. The second-order valence-electron chi connectivity index (χ2n) is 5.24. The summed E-state index contributed by atoms with van der Waals surface area (Å²) < 4.78 is 11.1. The number of ether oxygens (including phenoxy) is 2. The fourth-order valence-corrected chi connectivity index (χ4v) is 2.66. The lowest BCUT2D eigenvalue weighted by atomic mass is 10.1. The minimum Gasteiger partial charge on any atom is -0.493 e. The van der Waals surface area contributed by atoms with Crippen molar-refractivity contribution in [2.45, 2.75) is 24.4 Å². The number of H-pyrrole nitrogens is 1. The predicted octanol–water partition coefficient (Wildman–Crippen LogP) is 3.11. The van der Waals surface area contributed by atoms with E-state index < -0.39 is 5.56 Å². The molecule has 134 valence electrons. The fraction of sp³-hybridized carbons (Fsp3) is 0.333. The third kappa shape index (κ3) is 4.56. The summed E-state index contributed by atoms with van der Waals surface area (Å²) in [6, 6.07) is 9.15. The molecule has 0 unspecified atom stereocenters. The van der Waals surface area contributed by atoms with E-state index >= 15 is 0 Å². The van der Waals surface area contributed by atoms with Crippen LogP contribution in [0.4, 0.5) is 0 Å². The van der Waals surface area contributed by atoms with Gasteiger partial charge < -0.3 is 14.5 Å². The summed E-state index contributed by atoms with van der Waals surface area (Å²) in [5.41, 5.74) is 0.373. The largest absolute Gasteiger partial charge is 0.493 e. The molecule has 0 saturated heterocycles. The number of benzene rings is 1. The van der Waals surface area contributed by atoms with Crippen molar-refractivity contribution in [1.29, 1.82) is 10.5 Å². The van der Waals surface area contributed by atoms with Gasteiger partial charge in [-0.1, -0.05) is 11.8 Å². The molecule has 0 aliphatic carbocycles. The Bertz CT molecular complexity index is 912. The smallest absolute Gasteiger partial charge is 0.270 e. The van der Waals surface area contributed by atoms with Gasteiger partial charge in [0.2, 0.25) is 0 Å². The first-order valence-corrected chi connectivity index (χ1v) is 9.13. The Morgan fingerprint density at radius 2 is 2.08 bits per heavy atom. The topological polar surface area (TPSA) is 112 Å². The number of thioether (sulfide) groups is 1. The Balaban J connectivity index is 2.38. The van der Waals surface area contributed by atoms with E-state index in [2.05, 4.69) is 16.0 Å². The number of methoxy groups -OCH3 is 1. The van der Waals surface area contributed by atoms with Gasteiger partial charge in [-0.05, 0) is 37.3 Å². The lowest BCUT2D eigenvalue weighted by Crippen LogP contribution is -2.14. The third-order valence-corrected chi connectivity index (χ3v) is 4.16. The zero-order chi connectivity index (χ0) is 18.9. The van der Waals surface area contributed by atoms with Gasteiger partial charge in [0, 0.05) is 12.0 Å². The SMILES string of the molecule is COc1ccc(-c2nc(SC)[nH]c(=O)c2C#N)cc1OCCCCC#N. The second-order valence-corrected chi connectivity index (χ2v) is 6.03. The Hall–Kier alpha value is -2.97. The Kier molecular flexibility index (Phi) is 7.07. The molecule has 1 N–H and O–H groups in total. The number of unbranched alkanes of at least 4 members (excludes halogenated alkanes) is 2. The van der Waals surface area contributed by atoms with Gasteiger partial charge >= 0.3 is 0 Å². The minimum absolute atomic E-state index is 0.0482. The number of nitrogens with zero attached hydrogens (tertiary/aromatic N) is 3. The van der Waals surface area contributed by atoms with Crippen LogP contribution in [-0.2, 0) is 0 Å². The molecule has 1 heterocycles. The van der Waals surface area contributed by atoms with Crippen LogP contribution < -0.4 is 15.0 Å². The van der Waals surface area contributed by atoms with E-state index in [0.29, 0.717) is 40.9 Å². The van der Waals surface area contributed by atoms with Crippen LogP contribution in [0, 0.1) is 22.7 Å². The van der Waals surface area contributed by atoms with Crippen molar-refractivity contribution in [3.8, 4) is 34.9 Å². The van der Waals surface area contributed by atoms with E-state index in [9.17, 15) is 10.1 Å². The van der Waals surface area contributed by atoms with E-state index in [0.717, 1.165) is 12.8 Å². The van der Waals surface area contributed by atoms with Gasteiger partial charge in [0.05, 0.1) is 25.5 Å². The summed E-state index contributed by atoms with van der Waals surface area (Å²) >= 11 is 1.29. The molecule has 2 aromatic rings. The molecule has 0 atom stereocenters. The van der Waals surface area contributed by atoms with Crippen LogP contribution in [0.15, 0.2) is 28.2 Å². The molecule has 26 heavy (non-hydrogen) atoms. The molecule has 7 nitrogen and oxygen atoms in total. The van der Waals surface area contributed by atoms with Crippen molar-refractivity contribution in [2.24, 2.45) is 0 Å². The maximum atomic E-state index is 12.1. The number of nitrogens with one attached hydrogen (secondary N) is 1. The summed E-state index contributed by atoms with van der Waals surface area (Å²) in [6.45, 7) is 0.436. The number of rotatable bonds is 8. The van der Waals surface area contributed by atoms with Crippen molar-refractivity contribution in [3.63, 3.8) is 0 Å². The summed E-state index contributed by atoms with van der Waals surface area (Å²) in [7, 11) is 1.54. The standard InChI is InChI=1S/C18H18N4O3S/c1-24-14-7-6-12(10-15(14)25-9-5-3-4-8-19)16-13(11-20)17(23)22-18(21-16)26-2/h6-7,10H,3-5,9H2,1-2H3,(H,21,22,23). The Morgan fingerprint density at radius 3 is 2.73 bits per heavy atom. The van der Waals surface area contributed by atoms with Crippen molar-refractivity contribution >= 4 is 11.8 Å². The number of hydrogen-bond donors (Lipinski definition) is 1. The Labute approximate surface area is 155 Å². The minimum atomic E-state index is -0.475. The molecule has 0 aliphatic heterocycles. The highest BCUT2D eigenvalue weighted by atomic mass is 32.2. The predicted molar refractivity (Wildman–Crippen MR) is 98.3 cm³/mol. The molecule has 0 spiro atoms. The van der Waals surface area contributed by atoms with Crippen LogP contribution in [0.2, 0.25) is 0 Å². The highest BCUT2D eigenvalue weighted by Gasteiger charge is 2.15. The van der Waals surface area contributed by atoms with Gasteiger partial charge in [-0.3, -0.25) is 4.79 Å². The summed E-state index contributed by atoms with van der Waals surface area (Å²) in [4.78, 5) is 19.0. The monoisotopic (exact) mass is 370 g/mol. The van der Waals surface area contributed by atoms with Gasteiger partial charge in [-0.25, -0.2) is 4.98 Å². The number of aromatic nitrogens is 2. The normalized spacial score (nSPS) is 10.0. The van der Waals surface area contributed by atoms with Crippen molar-refractivity contribution in [1.82, 2.24) is 9.97 Å². The number of nitriles is 2. The molecule has 0 bridgehead atoms. The molecule has 1 aromatic heterocycles. The number of aromatic amines is 1. The lowest BCUT2D eigenvalue weighted by molar-refractivity contribution is 0.287. The van der Waals surface area contributed by atoms with Crippen LogP contribution in [0.5, 0.6) is 11.5 Å². The van der Waals surface area contributed by atoms with Crippen molar-refractivity contribution in [2.75, 3.05) is 20.0 Å². The van der Waals surface area contributed by atoms with Crippen LogP contribution in [-0.4, -0.2) is 29.9 Å². The van der Waals surface area contributed by atoms with Gasteiger partial charge in [0.25, 0.3) is 5.56 Å². The van der Waals surface area contributed by atoms with Crippen molar-refractivity contribution < 1.29 is 9.47 Å². The fourth-order valence-electron chi connectivity index (χ4n) is 2.29. The second kappa shape index (κ2) is 9.50. The highest BCUT2D eigenvalue weighted by molar-refractivity contribution is 7.98. The van der Waals surface area contributed by atoms with Gasteiger partial charge in [0.15, 0.2) is 16.7 Å². The maximum absolute atomic E-state index is 12.1. The average Bonchev–Trinajstić information content (AvgIpc) is 2.67. The van der Waals surface area contributed by atoms with Gasteiger partial charge in [-0.15, -0.1) is 0 Å². The molecular formula is C18H18N4O3S. The summed E-state index contributed by atoms with van der Waals surface area (Å²) in [5, 5.41) is 18.3. The van der Waals surface area contributed by atoms with Gasteiger partial charge in [0.1, 0.15) is 11.6 Å². The van der Waals surface area contributed by atoms with E-state index in [-0.39, 0.29) is 5.56 Å². The van der Waals surface area contributed by atoms with Gasteiger partial charge in [-0.2, -0.15) is 10.5 Å². The van der Waals surface area contributed by atoms with Crippen LogP contribution in [0.25, 0.3) is 11.3 Å². The molecule has 0 fully saturated rings. The molecule has 8 heteroatoms. The molecule has 0 radical (unpaired) electrons. The zero-order valence-electron chi connectivity index (χ0n) is 14.5. The molecule has 0 aliphatic rings. The quantitative estimate of drug-likeness (QED) is 0.431. The zero-order valence-corrected chi connectivity index (χ0v) is 15.4. The molecule has 1 aromatic carbocycles.